The molecule has 0 radical (unpaired) electrons. The molecule has 0 atom stereocenters. The van der Waals surface area contributed by atoms with Crippen LogP contribution in [0.4, 0.5) is 4.79 Å². The van der Waals surface area contributed by atoms with Crippen molar-refractivity contribution in [2.45, 2.75) is 72.0 Å². The molecule has 0 heterocycles. The van der Waals surface area contributed by atoms with Crippen LogP contribution in [0.15, 0.2) is 180 Å². The molecule has 8 rings (SSSR count). The molecule has 0 bridgehead atoms. The average molecular weight is 1430 g/mol. The molecular formula is C51H34N6Na6O23S6. The predicted molar refractivity (Wildman–Crippen MR) is 294 cm³/mol. The summed E-state index contributed by atoms with van der Waals surface area (Å²) >= 11 is 0. The van der Waals surface area contributed by atoms with Gasteiger partial charge in [-0.25, -0.2) is 75.3 Å². The summed E-state index contributed by atoms with van der Waals surface area (Å²) in [5, 5.41) is 0. The third-order valence-corrected chi connectivity index (χ3v) is 18.2. The Morgan fingerprint density at radius 3 is 1.16 bits per heavy atom. The van der Waals surface area contributed by atoms with Crippen LogP contribution in [0.1, 0.15) is 74.6 Å². The number of hydrogen-bond donors (Lipinski definition) is 0. The Kier molecular flexibility index (Phi) is 31.2. The molecule has 448 valence electrons. The number of urea groups is 1. The molecule has 0 unspecified atom stereocenters. The van der Waals surface area contributed by atoms with Crippen molar-refractivity contribution in [3.05, 3.63) is 153 Å². The van der Waals surface area contributed by atoms with E-state index in [0.29, 0.717) is 35.4 Å². The van der Waals surface area contributed by atoms with Gasteiger partial charge >= 0.3 is 183 Å². The van der Waals surface area contributed by atoms with E-state index in [4.69, 9.17) is 0 Å². The standard InChI is InChI=1S/C51H40N6O23S6.6Na/c1-25-9-11-29(49(60)54-37-13-15-41(83(69,70)71)35-21-33(81(63,64)65)23-43(45(35)37)85(75,76)77)19-39(25)56-47(58)27-5-3-7-31(17-27)52-51(62)53-32-8-4-6-28(18-32)48(59)57-40-20-30(12-10-26(40)2)50(61)55-38-14-16-42(84(72,73)74)36-22-34(82(66,67)68)24-44(46(36)38)86(78,79)80;;;;;;/h3-11,15-16,20-24H,12-14,17-19H2,1-2H3,(H,63,64,65)(H,66,67,68)(H,69,70,71)(H,72,73,74)(H,75,76,77)(H,78,79,80);;;;;;/q;6*+1/p-6. The van der Waals surface area contributed by atoms with Gasteiger partial charge in [-0.2, -0.15) is 9.98 Å². The molecule has 29 nitrogen and oxygen atoms in total. The molecule has 6 aliphatic carbocycles. The summed E-state index contributed by atoms with van der Waals surface area (Å²) < 4.78 is 218. The van der Waals surface area contributed by atoms with E-state index in [0.717, 1.165) is 6.08 Å². The van der Waals surface area contributed by atoms with E-state index in [1.165, 1.54) is 68.5 Å². The SMILES string of the molecule is CC1=CCC(C(=O)N=C2CC=C(S(=O)(=O)[O-])c3cc(S(=O)(=O)[O-])cc(S(=O)(=O)[O-])c32)=CC1=NC(=O)C1=CC=CC(=NC(=O)N=C2C=CC=C(C(=O)N=C3CC(C(=O)N=C4CC=C(S(=O)(=O)[O-])c5cc(S(=O)(=O)[O-])cc(S(=O)(=O)[O-])c54)=CC=C3C)C2)C1.[Na+].[Na+].[Na+].[Na+].[Na+].[Na+]. The minimum atomic E-state index is -5.75. The topological polar surface area (TPSA) is 503 Å². The molecule has 0 aromatic heterocycles. The molecule has 0 fully saturated rings. The average Bonchev–Trinajstić information content (AvgIpc) is 0.753. The van der Waals surface area contributed by atoms with E-state index < -0.39 is 166 Å². The zero-order chi connectivity index (χ0) is 63.4. The van der Waals surface area contributed by atoms with Crippen molar-refractivity contribution in [2.75, 3.05) is 0 Å². The number of carbonyl (C=O) groups excluding carboxylic acids is 5. The molecule has 0 spiro atoms. The van der Waals surface area contributed by atoms with Gasteiger partial charge in [0.05, 0.1) is 63.7 Å². The minimum Gasteiger partial charge on any atom is -0.744 e. The van der Waals surface area contributed by atoms with Crippen LogP contribution >= 0.6 is 0 Å². The molecule has 6 aliphatic rings. The second-order valence-electron chi connectivity index (χ2n) is 18.8. The van der Waals surface area contributed by atoms with Gasteiger partial charge in [-0.1, -0.05) is 54.7 Å². The molecule has 2 aromatic rings. The van der Waals surface area contributed by atoms with Crippen LogP contribution in [0.5, 0.6) is 0 Å². The van der Waals surface area contributed by atoms with E-state index >= 15 is 0 Å². The zero-order valence-electron chi connectivity index (χ0n) is 49.5. The fraction of sp³-hybridized carbons (Fsp3) is 0.157. The molecule has 0 saturated carbocycles. The second-order valence-corrected chi connectivity index (χ2v) is 26.9. The van der Waals surface area contributed by atoms with Crippen molar-refractivity contribution in [1.29, 1.82) is 0 Å². The van der Waals surface area contributed by atoms with Crippen molar-refractivity contribution in [2.24, 2.45) is 30.0 Å². The third kappa shape index (κ3) is 20.9. The monoisotopic (exact) mass is 1430 g/mol. The molecule has 2 aromatic carbocycles. The van der Waals surface area contributed by atoms with Crippen molar-refractivity contribution in [1.82, 2.24) is 0 Å². The zero-order valence-corrected chi connectivity index (χ0v) is 66.4. The first-order chi connectivity index (χ1) is 39.8. The van der Waals surface area contributed by atoms with Crippen LogP contribution in [-0.2, 0) is 79.9 Å². The maximum Gasteiger partial charge on any atom is 1.00 e. The normalized spacial score (nSPS) is 19.2. The predicted octanol–water partition coefficient (Wildman–Crippen LogP) is -15.5. The van der Waals surface area contributed by atoms with Crippen LogP contribution in [-0.4, -0.2) is 142 Å². The smallest absolute Gasteiger partial charge is 0.744 e. The van der Waals surface area contributed by atoms with Crippen LogP contribution in [0.2, 0.25) is 0 Å². The Bertz CT molecular complexity index is 4860. The molecule has 0 saturated heterocycles. The summed E-state index contributed by atoms with van der Waals surface area (Å²) in [6, 6.07) is -0.0480. The van der Waals surface area contributed by atoms with Gasteiger partial charge in [0.25, 0.3) is 23.6 Å². The van der Waals surface area contributed by atoms with Crippen molar-refractivity contribution >= 4 is 134 Å². The summed E-state index contributed by atoms with van der Waals surface area (Å²) in [6.45, 7) is 3.07. The molecule has 0 N–H and O–H groups in total. The summed E-state index contributed by atoms with van der Waals surface area (Å²) in [5.74, 6) is -3.98. The fourth-order valence-corrected chi connectivity index (χ4v) is 13.1. The van der Waals surface area contributed by atoms with Crippen molar-refractivity contribution < 1.29 is 279 Å². The van der Waals surface area contributed by atoms with E-state index in [-0.39, 0.29) is 260 Å². The number of nitrogens with zero attached hydrogens (tertiary/aromatic N) is 6. The van der Waals surface area contributed by atoms with Gasteiger partial charge in [0, 0.05) is 76.7 Å². The summed E-state index contributed by atoms with van der Waals surface area (Å²) in [6.07, 6.45) is 12.3. The van der Waals surface area contributed by atoms with Crippen molar-refractivity contribution in [3.8, 4) is 0 Å². The summed E-state index contributed by atoms with van der Waals surface area (Å²) in [5.41, 5.74) is -4.57. The number of rotatable bonds is 10. The van der Waals surface area contributed by atoms with E-state index in [1.807, 2.05) is 0 Å². The molecular weight excluding hydrogens is 1390 g/mol. The van der Waals surface area contributed by atoms with Crippen LogP contribution in [0, 0.1) is 0 Å². The van der Waals surface area contributed by atoms with Gasteiger partial charge in [0.1, 0.15) is 60.7 Å². The Hall–Kier alpha value is -2.33. The Morgan fingerprint density at radius 2 is 0.772 bits per heavy atom. The number of carbonyl (C=O) groups is 5. The first-order valence-corrected chi connectivity index (χ1v) is 32.4. The number of benzene rings is 2. The van der Waals surface area contributed by atoms with Crippen LogP contribution in [0.3, 0.4) is 0 Å². The number of hydrogen-bond acceptors (Lipinski definition) is 23. The van der Waals surface area contributed by atoms with Gasteiger partial charge in [-0.05, 0) is 73.9 Å². The second kappa shape index (κ2) is 33.5. The minimum absolute atomic E-state index is 0. The number of fused-ring (bicyclic) bond motifs is 2. The van der Waals surface area contributed by atoms with Gasteiger partial charge in [-0.3, -0.25) is 19.2 Å². The first kappa shape index (κ1) is 85.8. The number of aliphatic imine (C=N–C) groups is 6. The van der Waals surface area contributed by atoms with Crippen molar-refractivity contribution in [3.63, 3.8) is 0 Å². The van der Waals surface area contributed by atoms with Gasteiger partial charge in [-0.15, -0.1) is 0 Å². The largest absolute Gasteiger partial charge is 1.00 e. The van der Waals surface area contributed by atoms with Crippen LogP contribution < -0.4 is 177 Å². The Balaban J connectivity index is 0.00000480. The molecule has 92 heavy (non-hydrogen) atoms. The van der Waals surface area contributed by atoms with E-state index in [1.54, 1.807) is 0 Å². The first-order valence-electron chi connectivity index (χ1n) is 24.0. The van der Waals surface area contributed by atoms with E-state index in [9.17, 15) is 102 Å². The molecule has 0 aliphatic heterocycles. The summed E-state index contributed by atoms with van der Waals surface area (Å²) in [4.78, 5) is 83.4. The summed E-state index contributed by atoms with van der Waals surface area (Å²) in [7, 11) is -33.6. The maximum absolute atomic E-state index is 13.6. The Morgan fingerprint density at radius 1 is 0.391 bits per heavy atom. The van der Waals surface area contributed by atoms with Crippen LogP contribution in [0.25, 0.3) is 9.81 Å². The third-order valence-electron chi connectivity index (χ3n) is 13.0. The van der Waals surface area contributed by atoms with E-state index in [2.05, 4.69) is 30.0 Å². The van der Waals surface area contributed by atoms with Gasteiger partial charge in [0.2, 0.25) is 0 Å². The molecule has 41 heteroatoms. The quantitative estimate of drug-likeness (QED) is 0.157. The number of amides is 6. The van der Waals surface area contributed by atoms with Gasteiger partial charge < -0.3 is 27.3 Å². The number of allylic oxidation sites excluding steroid dienone is 14. The van der Waals surface area contributed by atoms with Gasteiger partial charge in [0.15, 0.2) is 0 Å². The molecule has 6 amide bonds. The Labute approximate surface area is 658 Å². The fourth-order valence-electron chi connectivity index (χ4n) is 8.94. The maximum atomic E-state index is 13.6.